The number of alkyl halides is 12. The second-order valence-corrected chi connectivity index (χ2v) is 3.79. The SMILES string of the molecule is FC(F)(F)C(F)(F)C1OC1C(F)(F)C(F)(F)C(F)(F)F. The second kappa shape index (κ2) is 4.07. The smallest absolute Gasteiger partial charge is 0.356 e. The van der Waals surface area contributed by atoms with Gasteiger partial charge in [-0.3, -0.25) is 0 Å². The molecule has 1 fully saturated rings. The third-order valence-corrected chi connectivity index (χ3v) is 2.36. The van der Waals surface area contributed by atoms with E-state index in [1.54, 1.807) is 0 Å². The van der Waals surface area contributed by atoms with Crippen LogP contribution in [0.15, 0.2) is 0 Å². The highest BCUT2D eigenvalue weighted by Gasteiger charge is 2.85. The van der Waals surface area contributed by atoms with Gasteiger partial charge in [0.15, 0.2) is 12.2 Å². The van der Waals surface area contributed by atoms with E-state index in [1.165, 1.54) is 0 Å². The molecule has 0 aliphatic carbocycles. The van der Waals surface area contributed by atoms with Crippen LogP contribution in [-0.2, 0) is 4.74 Å². The normalized spacial score (nSPS) is 25.8. The van der Waals surface area contributed by atoms with E-state index in [2.05, 4.69) is 4.74 Å². The Bertz CT molecular complexity index is 378. The lowest BCUT2D eigenvalue weighted by Gasteiger charge is -2.27. The van der Waals surface area contributed by atoms with Gasteiger partial charge in [-0.05, 0) is 0 Å². The van der Waals surface area contributed by atoms with Gasteiger partial charge in [0.2, 0.25) is 0 Å². The molecule has 1 rings (SSSR count). The van der Waals surface area contributed by atoms with E-state index >= 15 is 0 Å². The van der Waals surface area contributed by atoms with Crippen molar-refractivity contribution in [2.75, 3.05) is 0 Å². The Morgan fingerprint density at radius 2 is 0.850 bits per heavy atom. The van der Waals surface area contributed by atoms with Gasteiger partial charge in [0, 0.05) is 0 Å². The van der Waals surface area contributed by atoms with E-state index in [9.17, 15) is 52.7 Å². The molecule has 1 heterocycles. The van der Waals surface area contributed by atoms with Crippen molar-refractivity contribution in [3.63, 3.8) is 0 Å². The first-order valence-corrected chi connectivity index (χ1v) is 4.40. The van der Waals surface area contributed by atoms with Gasteiger partial charge < -0.3 is 4.74 Å². The molecule has 0 radical (unpaired) electrons. The fourth-order valence-corrected chi connectivity index (χ4v) is 1.19. The van der Waals surface area contributed by atoms with Crippen molar-refractivity contribution in [1.82, 2.24) is 0 Å². The minimum absolute atomic E-state index is 3.05. The Morgan fingerprint density at radius 1 is 0.500 bits per heavy atom. The maximum atomic E-state index is 12.8. The fraction of sp³-hybridized carbons (Fsp3) is 1.00. The van der Waals surface area contributed by atoms with Gasteiger partial charge in [-0.15, -0.1) is 0 Å². The van der Waals surface area contributed by atoms with Crippen LogP contribution in [0.25, 0.3) is 0 Å². The summed E-state index contributed by atoms with van der Waals surface area (Å²) in [6, 6.07) is 0. The van der Waals surface area contributed by atoms with Gasteiger partial charge >= 0.3 is 30.1 Å². The van der Waals surface area contributed by atoms with Crippen molar-refractivity contribution in [3.8, 4) is 0 Å². The number of epoxide rings is 1. The Hall–Kier alpha value is -0.880. The van der Waals surface area contributed by atoms with Crippen molar-refractivity contribution in [1.29, 1.82) is 0 Å². The molecular weight excluding hydrogens is 328 g/mol. The minimum atomic E-state index is -6.85. The van der Waals surface area contributed by atoms with E-state index in [0.717, 1.165) is 0 Å². The first-order chi connectivity index (χ1) is 8.48. The van der Waals surface area contributed by atoms with Crippen LogP contribution in [0.1, 0.15) is 0 Å². The number of halogens is 12. The van der Waals surface area contributed by atoms with Crippen LogP contribution in [0, 0.1) is 0 Å². The highest BCUT2D eigenvalue weighted by atomic mass is 19.4. The van der Waals surface area contributed by atoms with E-state index in [-0.39, 0.29) is 0 Å². The van der Waals surface area contributed by atoms with Crippen LogP contribution in [0.3, 0.4) is 0 Å². The molecule has 0 aromatic carbocycles. The third-order valence-electron chi connectivity index (χ3n) is 2.36. The zero-order chi connectivity index (χ0) is 16.4. The molecular formula is C7H2F12O. The molecule has 1 aliphatic rings. The summed E-state index contributed by atoms with van der Waals surface area (Å²) in [5.74, 6) is -19.1. The van der Waals surface area contributed by atoms with E-state index < -0.39 is 42.3 Å². The van der Waals surface area contributed by atoms with Crippen molar-refractivity contribution in [2.45, 2.75) is 42.3 Å². The van der Waals surface area contributed by atoms with Crippen LogP contribution < -0.4 is 0 Å². The van der Waals surface area contributed by atoms with Crippen molar-refractivity contribution >= 4 is 0 Å². The molecule has 2 atom stereocenters. The summed E-state index contributed by atoms with van der Waals surface area (Å²) in [6.07, 6.45) is -21.0. The topological polar surface area (TPSA) is 12.5 Å². The summed E-state index contributed by atoms with van der Waals surface area (Å²) >= 11 is 0. The molecule has 13 heteroatoms. The first kappa shape index (κ1) is 17.2. The van der Waals surface area contributed by atoms with Crippen LogP contribution in [0.4, 0.5) is 52.7 Å². The minimum Gasteiger partial charge on any atom is -0.356 e. The quantitative estimate of drug-likeness (QED) is 0.567. The van der Waals surface area contributed by atoms with Crippen LogP contribution >= 0.6 is 0 Å². The van der Waals surface area contributed by atoms with Gasteiger partial charge in [0.05, 0.1) is 0 Å². The first-order valence-electron chi connectivity index (χ1n) is 4.40. The zero-order valence-corrected chi connectivity index (χ0v) is 8.60. The highest BCUT2D eigenvalue weighted by Crippen LogP contribution is 2.57. The Balaban J connectivity index is 3.01. The number of rotatable bonds is 3. The standard InChI is InChI=1S/C7H2F12O/c8-3(9,5(12,13)7(17,18)19)1-2(20-1)4(10,11)6(14,15)16/h1-2H. The van der Waals surface area contributed by atoms with Crippen LogP contribution in [-0.4, -0.2) is 42.3 Å². The second-order valence-electron chi connectivity index (χ2n) is 3.79. The number of hydrogen-bond donors (Lipinski definition) is 0. The lowest BCUT2D eigenvalue weighted by Crippen LogP contribution is -2.56. The van der Waals surface area contributed by atoms with E-state index in [4.69, 9.17) is 0 Å². The van der Waals surface area contributed by atoms with Crippen molar-refractivity contribution < 1.29 is 57.4 Å². The maximum Gasteiger partial charge on any atom is 0.459 e. The third kappa shape index (κ3) is 2.29. The molecule has 20 heavy (non-hydrogen) atoms. The highest BCUT2D eigenvalue weighted by molar-refractivity contribution is 5.11. The lowest BCUT2D eigenvalue weighted by atomic mass is 10.0. The van der Waals surface area contributed by atoms with Crippen LogP contribution in [0.2, 0.25) is 0 Å². The van der Waals surface area contributed by atoms with Gasteiger partial charge in [-0.2, -0.15) is 52.7 Å². The summed E-state index contributed by atoms with van der Waals surface area (Å²) in [4.78, 5) is 0. The molecule has 0 spiro atoms. The molecule has 2 unspecified atom stereocenters. The van der Waals surface area contributed by atoms with Gasteiger partial charge in [-0.25, -0.2) is 0 Å². The molecule has 1 saturated heterocycles. The molecule has 0 bridgehead atoms. The van der Waals surface area contributed by atoms with Crippen LogP contribution in [0.5, 0.6) is 0 Å². The summed E-state index contributed by atoms with van der Waals surface area (Å²) in [6.45, 7) is 0. The molecule has 0 saturated carbocycles. The van der Waals surface area contributed by atoms with E-state index in [0.29, 0.717) is 0 Å². The Morgan fingerprint density at radius 3 is 1.15 bits per heavy atom. The molecule has 1 aliphatic heterocycles. The maximum absolute atomic E-state index is 12.8. The average molecular weight is 330 g/mol. The van der Waals surface area contributed by atoms with Crippen molar-refractivity contribution in [2.24, 2.45) is 0 Å². The summed E-state index contributed by atoms with van der Waals surface area (Å²) in [5, 5.41) is 0. The lowest BCUT2D eigenvalue weighted by molar-refractivity contribution is -0.358. The van der Waals surface area contributed by atoms with Gasteiger partial charge in [0.1, 0.15) is 0 Å². The number of hydrogen-bond acceptors (Lipinski definition) is 1. The summed E-state index contributed by atoms with van der Waals surface area (Å²) < 4.78 is 148. The fourth-order valence-electron chi connectivity index (χ4n) is 1.19. The van der Waals surface area contributed by atoms with E-state index in [1.807, 2.05) is 0 Å². The molecule has 1 nitrogen and oxygen atoms in total. The molecule has 120 valence electrons. The summed E-state index contributed by atoms with van der Waals surface area (Å²) in [7, 11) is 0. The molecule has 0 N–H and O–H groups in total. The molecule has 0 aromatic rings. The largest absolute Gasteiger partial charge is 0.459 e. The Kier molecular flexibility index (Phi) is 3.50. The predicted octanol–water partition coefficient (Wildman–Crippen LogP) is 3.78. The zero-order valence-electron chi connectivity index (χ0n) is 8.60. The molecule has 0 amide bonds. The molecule has 0 aromatic heterocycles. The monoisotopic (exact) mass is 330 g/mol. The predicted molar refractivity (Wildman–Crippen MR) is 35.6 cm³/mol. The van der Waals surface area contributed by atoms with Gasteiger partial charge in [0.25, 0.3) is 0 Å². The van der Waals surface area contributed by atoms with Crippen molar-refractivity contribution in [3.05, 3.63) is 0 Å². The number of ether oxygens (including phenoxy) is 1. The average Bonchev–Trinajstić information content (AvgIpc) is 2.92. The summed E-state index contributed by atoms with van der Waals surface area (Å²) in [5.41, 5.74) is 0. The Labute approximate surface area is 101 Å². The van der Waals surface area contributed by atoms with Gasteiger partial charge in [-0.1, -0.05) is 0 Å².